The predicted octanol–water partition coefficient (Wildman–Crippen LogP) is 2.27. The van der Waals surface area contributed by atoms with Gasteiger partial charge >= 0.3 is 6.01 Å². The molecule has 1 heterocycles. The Hall–Kier alpha value is -2.78. The number of aromatic nitrogens is 2. The van der Waals surface area contributed by atoms with Gasteiger partial charge in [-0.05, 0) is 36.4 Å². The summed E-state index contributed by atoms with van der Waals surface area (Å²) in [6.07, 6.45) is 0. The standard InChI is InChI=1S/C14H11FN4O3S/c15-9-5-7-10(8-6-9)17-14-18-13(19-22-14)11-3-1-2-4-12(11)23(16,20)21/h1-8H,(H2,16,20,21)(H,17,18,19). The Balaban J connectivity index is 1.92. The molecule has 118 valence electrons. The number of sulfonamides is 1. The van der Waals surface area contributed by atoms with Crippen LogP contribution in [0.1, 0.15) is 0 Å². The summed E-state index contributed by atoms with van der Waals surface area (Å²) in [5, 5.41) is 11.7. The first-order chi connectivity index (χ1) is 10.9. The second kappa shape index (κ2) is 5.78. The molecule has 0 unspecified atom stereocenters. The van der Waals surface area contributed by atoms with E-state index in [0.29, 0.717) is 5.69 Å². The number of hydrogen-bond donors (Lipinski definition) is 2. The van der Waals surface area contributed by atoms with Crippen LogP contribution >= 0.6 is 0 Å². The Kier molecular flexibility index (Phi) is 3.80. The third kappa shape index (κ3) is 3.35. The first-order valence-corrected chi connectivity index (χ1v) is 7.96. The number of nitrogens with two attached hydrogens (primary N) is 1. The van der Waals surface area contributed by atoms with E-state index in [1.165, 1.54) is 36.4 Å². The van der Waals surface area contributed by atoms with E-state index in [1.54, 1.807) is 12.1 Å². The molecule has 0 spiro atoms. The van der Waals surface area contributed by atoms with Gasteiger partial charge in [-0.2, -0.15) is 4.98 Å². The maximum absolute atomic E-state index is 12.9. The van der Waals surface area contributed by atoms with Crippen molar-refractivity contribution in [3.05, 3.63) is 54.3 Å². The summed E-state index contributed by atoms with van der Waals surface area (Å²) >= 11 is 0. The third-order valence-electron chi connectivity index (χ3n) is 2.96. The number of halogens is 1. The molecule has 0 bridgehead atoms. The molecule has 0 amide bonds. The molecule has 3 N–H and O–H groups in total. The van der Waals surface area contributed by atoms with Crippen molar-refractivity contribution in [3.8, 4) is 11.4 Å². The lowest BCUT2D eigenvalue weighted by atomic mass is 10.2. The molecule has 0 aliphatic rings. The van der Waals surface area contributed by atoms with Crippen molar-refractivity contribution in [2.75, 3.05) is 5.32 Å². The van der Waals surface area contributed by atoms with E-state index in [4.69, 9.17) is 9.66 Å². The summed E-state index contributed by atoms with van der Waals surface area (Å²) in [4.78, 5) is 3.97. The van der Waals surface area contributed by atoms with Crippen LogP contribution in [0.3, 0.4) is 0 Å². The van der Waals surface area contributed by atoms with Crippen molar-refractivity contribution >= 4 is 21.7 Å². The van der Waals surface area contributed by atoms with Gasteiger partial charge in [-0.15, -0.1) is 0 Å². The average molecular weight is 334 g/mol. The molecule has 2 aromatic carbocycles. The van der Waals surface area contributed by atoms with Crippen LogP contribution in [0, 0.1) is 5.82 Å². The maximum Gasteiger partial charge on any atom is 0.326 e. The molecule has 23 heavy (non-hydrogen) atoms. The average Bonchev–Trinajstić information content (AvgIpc) is 2.97. The molecule has 0 fully saturated rings. The number of hydrogen-bond acceptors (Lipinski definition) is 6. The summed E-state index contributed by atoms with van der Waals surface area (Å²) in [6.45, 7) is 0. The monoisotopic (exact) mass is 334 g/mol. The van der Waals surface area contributed by atoms with Crippen LogP contribution in [0.25, 0.3) is 11.4 Å². The third-order valence-corrected chi connectivity index (χ3v) is 3.93. The number of nitrogens with zero attached hydrogens (tertiary/aromatic N) is 2. The van der Waals surface area contributed by atoms with Gasteiger partial charge in [0.25, 0.3) is 0 Å². The number of nitrogens with one attached hydrogen (secondary N) is 1. The molecule has 0 saturated carbocycles. The van der Waals surface area contributed by atoms with E-state index in [-0.39, 0.29) is 28.1 Å². The van der Waals surface area contributed by atoms with Gasteiger partial charge in [0.05, 0.1) is 4.90 Å². The van der Waals surface area contributed by atoms with Crippen LogP contribution in [0.2, 0.25) is 0 Å². The number of benzene rings is 2. The molecule has 0 atom stereocenters. The lowest BCUT2D eigenvalue weighted by molar-refractivity contribution is 0.435. The summed E-state index contributed by atoms with van der Waals surface area (Å²) < 4.78 is 41.1. The first kappa shape index (κ1) is 15.1. The van der Waals surface area contributed by atoms with Crippen molar-refractivity contribution in [2.45, 2.75) is 4.90 Å². The fourth-order valence-electron chi connectivity index (χ4n) is 1.94. The van der Waals surface area contributed by atoms with Gasteiger partial charge in [0.2, 0.25) is 15.8 Å². The predicted molar refractivity (Wildman–Crippen MR) is 80.8 cm³/mol. The van der Waals surface area contributed by atoms with E-state index in [2.05, 4.69) is 15.5 Å². The van der Waals surface area contributed by atoms with Crippen LogP contribution in [-0.4, -0.2) is 18.6 Å². The zero-order valence-electron chi connectivity index (χ0n) is 11.6. The van der Waals surface area contributed by atoms with E-state index in [9.17, 15) is 12.8 Å². The van der Waals surface area contributed by atoms with Crippen molar-refractivity contribution in [1.82, 2.24) is 10.1 Å². The van der Waals surface area contributed by atoms with Crippen molar-refractivity contribution in [1.29, 1.82) is 0 Å². The Morgan fingerprint density at radius 1 is 1.09 bits per heavy atom. The van der Waals surface area contributed by atoms with Gasteiger partial charge in [-0.3, -0.25) is 0 Å². The summed E-state index contributed by atoms with van der Waals surface area (Å²) in [5.41, 5.74) is 0.771. The summed E-state index contributed by atoms with van der Waals surface area (Å²) in [7, 11) is -3.92. The Morgan fingerprint density at radius 2 is 1.78 bits per heavy atom. The fraction of sp³-hybridized carbons (Fsp3) is 0. The minimum atomic E-state index is -3.92. The van der Waals surface area contributed by atoms with Gasteiger partial charge in [0, 0.05) is 11.3 Å². The van der Waals surface area contributed by atoms with E-state index < -0.39 is 10.0 Å². The van der Waals surface area contributed by atoms with Crippen LogP contribution in [0.15, 0.2) is 57.9 Å². The number of anilines is 2. The topological polar surface area (TPSA) is 111 Å². The van der Waals surface area contributed by atoms with Crippen LogP contribution in [0.5, 0.6) is 0 Å². The van der Waals surface area contributed by atoms with Gasteiger partial charge in [-0.1, -0.05) is 17.3 Å². The van der Waals surface area contributed by atoms with Crippen molar-refractivity contribution in [2.24, 2.45) is 5.14 Å². The highest BCUT2D eigenvalue weighted by atomic mass is 32.2. The van der Waals surface area contributed by atoms with Crippen molar-refractivity contribution < 1.29 is 17.3 Å². The molecule has 0 aliphatic carbocycles. The minimum Gasteiger partial charge on any atom is -0.315 e. The van der Waals surface area contributed by atoms with Gasteiger partial charge in [-0.25, -0.2) is 17.9 Å². The van der Waals surface area contributed by atoms with E-state index in [0.717, 1.165) is 0 Å². The molecule has 3 aromatic rings. The molecular weight excluding hydrogens is 323 g/mol. The van der Waals surface area contributed by atoms with Crippen molar-refractivity contribution in [3.63, 3.8) is 0 Å². The molecule has 3 rings (SSSR count). The maximum atomic E-state index is 12.9. The minimum absolute atomic E-state index is 0.0378. The normalized spacial score (nSPS) is 11.4. The lowest BCUT2D eigenvalue weighted by Gasteiger charge is -2.02. The molecule has 1 aromatic heterocycles. The highest BCUT2D eigenvalue weighted by molar-refractivity contribution is 7.89. The quantitative estimate of drug-likeness (QED) is 0.757. The Morgan fingerprint density at radius 3 is 2.48 bits per heavy atom. The molecular formula is C14H11FN4O3S. The lowest BCUT2D eigenvalue weighted by Crippen LogP contribution is -2.13. The van der Waals surface area contributed by atoms with Crippen LogP contribution in [0.4, 0.5) is 16.1 Å². The molecule has 0 radical (unpaired) electrons. The second-order valence-corrected chi connectivity index (χ2v) is 6.13. The molecule has 0 saturated heterocycles. The summed E-state index contributed by atoms with van der Waals surface area (Å²) in [5.74, 6) is -0.303. The van der Waals surface area contributed by atoms with Gasteiger partial charge in [0.1, 0.15) is 5.82 Å². The first-order valence-electron chi connectivity index (χ1n) is 6.42. The number of primary sulfonamides is 1. The molecule has 0 aliphatic heterocycles. The van der Waals surface area contributed by atoms with E-state index in [1.807, 2.05) is 0 Å². The molecule has 7 nitrogen and oxygen atoms in total. The smallest absolute Gasteiger partial charge is 0.315 e. The highest BCUT2D eigenvalue weighted by Crippen LogP contribution is 2.25. The fourth-order valence-corrected chi connectivity index (χ4v) is 2.67. The zero-order valence-corrected chi connectivity index (χ0v) is 12.4. The van der Waals surface area contributed by atoms with E-state index >= 15 is 0 Å². The van der Waals surface area contributed by atoms with Crippen LogP contribution in [-0.2, 0) is 10.0 Å². The molecule has 9 heteroatoms. The SMILES string of the molecule is NS(=O)(=O)c1ccccc1-c1noc(Nc2ccc(F)cc2)n1. The zero-order chi connectivity index (χ0) is 16.4. The largest absolute Gasteiger partial charge is 0.326 e. The van der Waals surface area contributed by atoms with Gasteiger partial charge in [0.15, 0.2) is 0 Å². The number of rotatable bonds is 4. The highest BCUT2D eigenvalue weighted by Gasteiger charge is 2.18. The van der Waals surface area contributed by atoms with Gasteiger partial charge < -0.3 is 9.84 Å². The Bertz CT molecular complexity index is 939. The second-order valence-electron chi connectivity index (χ2n) is 4.60. The van der Waals surface area contributed by atoms with Crippen LogP contribution < -0.4 is 10.5 Å². The summed E-state index contributed by atoms with van der Waals surface area (Å²) in [6, 6.07) is 11.6. The Labute approximate surface area is 131 Å².